The number of ether oxygens (including phenoxy) is 1. The quantitative estimate of drug-likeness (QED) is 0.361. The Hall–Kier alpha value is -4.25. The molecular weight excluding hydrogens is 582 g/mol. The summed E-state index contributed by atoms with van der Waals surface area (Å²) in [6.45, 7) is 3.72. The first-order valence-electron chi connectivity index (χ1n) is 14.7. The summed E-state index contributed by atoms with van der Waals surface area (Å²) >= 11 is 0. The zero-order valence-electron chi connectivity index (χ0n) is 25.3. The lowest BCUT2D eigenvalue weighted by molar-refractivity contribution is -0.136. The Morgan fingerprint density at radius 1 is 0.977 bits per heavy atom. The van der Waals surface area contributed by atoms with Gasteiger partial charge in [-0.3, -0.25) is 14.4 Å². The first-order valence-corrected chi connectivity index (χ1v) is 16.6. The molecule has 1 aliphatic heterocycles. The third-order valence-electron chi connectivity index (χ3n) is 7.49. The minimum Gasteiger partial charge on any atom is -0.445 e. The number of carbonyl (C=O) groups excluding carboxylic acids is 4. The molecule has 44 heavy (non-hydrogen) atoms. The zero-order valence-corrected chi connectivity index (χ0v) is 26.1. The molecule has 10 nitrogen and oxygen atoms in total. The molecule has 0 spiro atoms. The van der Waals surface area contributed by atoms with E-state index < -0.39 is 45.8 Å². The maximum Gasteiger partial charge on any atom is 0.410 e. The first-order chi connectivity index (χ1) is 20.9. The summed E-state index contributed by atoms with van der Waals surface area (Å²) in [5.74, 6) is -2.00. The van der Waals surface area contributed by atoms with Crippen molar-refractivity contribution in [3.05, 3.63) is 83.9 Å². The highest BCUT2D eigenvalue weighted by Gasteiger charge is 2.39. The zero-order chi connectivity index (χ0) is 31.9. The summed E-state index contributed by atoms with van der Waals surface area (Å²) in [7, 11) is -4.16. The standard InChI is InChI=1S/C33H39N3O7S/c1-23(2)18-29(36(44(3,41)42)31(38)20-25-15-16-26-12-7-8-13-27(26)19-25)32(39)34-28-14-9-17-35(21-30(28)37)33(40)43-22-24-10-5-4-6-11-24/h4-8,10-13,15-16,19,23,28-29H,9,14,17-18,20-22H2,1-3H3,(H,34,39). The van der Waals surface area contributed by atoms with Gasteiger partial charge in [0.25, 0.3) is 0 Å². The van der Waals surface area contributed by atoms with Gasteiger partial charge in [0.2, 0.25) is 21.8 Å². The Bertz CT molecular complexity index is 1610. The molecule has 4 rings (SSSR count). The molecule has 3 amide bonds. The second kappa shape index (κ2) is 14.5. The van der Waals surface area contributed by atoms with Gasteiger partial charge < -0.3 is 15.0 Å². The van der Waals surface area contributed by atoms with Crippen molar-refractivity contribution in [2.45, 2.75) is 58.2 Å². The largest absolute Gasteiger partial charge is 0.445 e. The number of sulfonamides is 1. The van der Waals surface area contributed by atoms with Crippen LogP contribution >= 0.6 is 0 Å². The second-order valence-corrected chi connectivity index (χ2v) is 13.4. The van der Waals surface area contributed by atoms with E-state index in [-0.39, 0.29) is 44.9 Å². The van der Waals surface area contributed by atoms with Crippen molar-refractivity contribution < 1.29 is 32.3 Å². The normalized spacial score (nSPS) is 16.3. The van der Waals surface area contributed by atoms with Gasteiger partial charge in [0.1, 0.15) is 12.6 Å². The van der Waals surface area contributed by atoms with E-state index in [0.717, 1.165) is 22.6 Å². The van der Waals surface area contributed by atoms with Crippen molar-refractivity contribution in [1.82, 2.24) is 14.5 Å². The van der Waals surface area contributed by atoms with E-state index in [9.17, 15) is 27.6 Å². The Labute approximate surface area is 258 Å². The molecule has 1 N–H and O–H groups in total. The molecule has 0 bridgehead atoms. The second-order valence-electron chi connectivity index (χ2n) is 11.6. The number of hydrogen-bond donors (Lipinski definition) is 1. The molecule has 2 atom stereocenters. The summed E-state index contributed by atoms with van der Waals surface area (Å²) in [5, 5.41) is 4.59. The van der Waals surface area contributed by atoms with Crippen LogP contribution in [0.25, 0.3) is 10.8 Å². The molecule has 3 aromatic rings. The first kappa shape index (κ1) is 32.7. The van der Waals surface area contributed by atoms with Gasteiger partial charge in [0.15, 0.2) is 5.78 Å². The predicted octanol–water partition coefficient (Wildman–Crippen LogP) is 4.07. The average molecular weight is 622 g/mol. The smallest absolute Gasteiger partial charge is 0.410 e. The van der Waals surface area contributed by atoms with Gasteiger partial charge in [0, 0.05) is 6.54 Å². The SMILES string of the molecule is CC(C)CC(C(=O)NC1CCCN(C(=O)OCc2ccccc2)CC1=O)N(C(=O)Cc1ccc2ccccc2c1)S(C)(=O)=O. The molecule has 234 valence electrons. The maximum absolute atomic E-state index is 13.7. The maximum atomic E-state index is 13.7. The number of nitrogens with one attached hydrogen (secondary N) is 1. The number of rotatable bonds is 10. The molecule has 0 saturated carbocycles. The number of Topliss-reactive ketones (excluding diaryl/α,β-unsaturated/α-hetero) is 1. The van der Waals surface area contributed by atoms with Crippen LogP contribution in [0.5, 0.6) is 0 Å². The highest BCUT2D eigenvalue weighted by molar-refractivity contribution is 7.88. The van der Waals surface area contributed by atoms with Crippen molar-refractivity contribution in [3.63, 3.8) is 0 Å². The molecule has 11 heteroatoms. The van der Waals surface area contributed by atoms with Crippen molar-refractivity contribution in [1.29, 1.82) is 0 Å². The summed E-state index contributed by atoms with van der Waals surface area (Å²) in [5.41, 5.74) is 1.43. The van der Waals surface area contributed by atoms with Gasteiger partial charge in [-0.05, 0) is 47.1 Å². The molecule has 1 fully saturated rings. The van der Waals surface area contributed by atoms with E-state index in [1.165, 1.54) is 4.90 Å². The summed E-state index contributed by atoms with van der Waals surface area (Å²) in [6, 6.07) is 20.0. The number of hydrogen-bond acceptors (Lipinski definition) is 7. The third kappa shape index (κ3) is 8.66. The monoisotopic (exact) mass is 621 g/mol. The van der Waals surface area contributed by atoms with E-state index in [4.69, 9.17) is 4.74 Å². The van der Waals surface area contributed by atoms with Crippen LogP contribution in [0.3, 0.4) is 0 Å². The molecular formula is C33H39N3O7S. The lowest BCUT2D eigenvalue weighted by Gasteiger charge is -2.31. The number of benzene rings is 3. The Balaban J connectivity index is 1.46. The van der Waals surface area contributed by atoms with Gasteiger partial charge in [0.05, 0.1) is 25.3 Å². The highest BCUT2D eigenvalue weighted by Crippen LogP contribution is 2.21. The lowest BCUT2D eigenvalue weighted by Crippen LogP contribution is -2.56. The topological polar surface area (TPSA) is 130 Å². The number of amides is 3. The van der Waals surface area contributed by atoms with E-state index in [1.54, 1.807) is 6.07 Å². The highest BCUT2D eigenvalue weighted by atomic mass is 32.2. The molecule has 1 heterocycles. The van der Waals surface area contributed by atoms with E-state index in [1.807, 2.05) is 80.6 Å². The van der Waals surface area contributed by atoms with E-state index in [0.29, 0.717) is 16.3 Å². The van der Waals surface area contributed by atoms with Gasteiger partial charge in [-0.25, -0.2) is 17.5 Å². The van der Waals surface area contributed by atoms with Gasteiger partial charge in [-0.15, -0.1) is 0 Å². The summed E-state index contributed by atoms with van der Waals surface area (Å²) in [4.78, 5) is 54.4. The molecule has 3 aromatic carbocycles. The summed E-state index contributed by atoms with van der Waals surface area (Å²) < 4.78 is 32.0. The Morgan fingerprint density at radius 3 is 2.34 bits per heavy atom. The number of ketones is 1. The van der Waals surface area contributed by atoms with Crippen molar-refractivity contribution in [3.8, 4) is 0 Å². The van der Waals surface area contributed by atoms with Crippen LogP contribution in [0.1, 0.15) is 44.2 Å². The minimum atomic E-state index is -4.16. The van der Waals surface area contributed by atoms with Crippen LogP contribution in [0.15, 0.2) is 72.8 Å². The van der Waals surface area contributed by atoms with E-state index in [2.05, 4.69) is 5.32 Å². The number of likely N-dealkylation sites (tertiary alicyclic amines) is 1. The van der Waals surface area contributed by atoms with Crippen LogP contribution in [0, 0.1) is 5.92 Å². The van der Waals surface area contributed by atoms with E-state index >= 15 is 0 Å². The van der Waals surface area contributed by atoms with Crippen LogP contribution in [0.4, 0.5) is 4.79 Å². The fourth-order valence-electron chi connectivity index (χ4n) is 5.36. The van der Waals surface area contributed by atoms with Crippen molar-refractivity contribution in [2.24, 2.45) is 5.92 Å². The molecule has 2 unspecified atom stereocenters. The van der Waals surface area contributed by atoms with Crippen LogP contribution in [0.2, 0.25) is 0 Å². The fraction of sp³-hybridized carbons (Fsp3) is 0.394. The van der Waals surface area contributed by atoms with Gasteiger partial charge >= 0.3 is 6.09 Å². The lowest BCUT2D eigenvalue weighted by atomic mass is 10.0. The number of carbonyl (C=O) groups is 4. The molecule has 1 aliphatic rings. The van der Waals surface area contributed by atoms with Crippen molar-refractivity contribution >= 4 is 44.5 Å². The Morgan fingerprint density at radius 2 is 1.66 bits per heavy atom. The predicted molar refractivity (Wildman–Crippen MR) is 167 cm³/mol. The van der Waals surface area contributed by atoms with Gasteiger partial charge in [-0.1, -0.05) is 86.6 Å². The van der Waals surface area contributed by atoms with Crippen LogP contribution in [-0.2, 0) is 42.2 Å². The summed E-state index contributed by atoms with van der Waals surface area (Å²) in [6.07, 6.45) is 0.799. The van der Waals surface area contributed by atoms with Crippen molar-refractivity contribution in [2.75, 3.05) is 19.3 Å². The number of nitrogens with zero attached hydrogens (tertiary/aromatic N) is 2. The molecule has 0 aromatic heterocycles. The molecule has 0 radical (unpaired) electrons. The van der Waals surface area contributed by atoms with Gasteiger partial charge in [-0.2, -0.15) is 0 Å². The average Bonchev–Trinajstić information content (AvgIpc) is 3.16. The number of fused-ring (bicyclic) bond motifs is 1. The fourth-order valence-corrected chi connectivity index (χ4v) is 6.44. The molecule has 0 aliphatic carbocycles. The Kier molecular flexibility index (Phi) is 10.7. The third-order valence-corrected chi connectivity index (χ3v) is 8.66. The van der Waals surface area contributed by atoms with Crippen LogP contribution in [-0.4, -0.2) is 72.7 Å². The minimum absolute atomic E-state index is 0.0654. The molecule has 1 saturated heterocycles. The van der Waals surface area contributed by atoms with Crippen LogP contribution < -0.4 is 5.32 Å².